The summed E-state index contributed by atoms with van der Waals surface area (Å²) in [5.41, 5.74) is 0.780. The maximum Gasteiger partial charge on any atom is 0.356 e. The van der Waals surface area contributed by atoms with E-state index in [4.69, 9.17) is 5.11 Å². The molecule has 0 aliphatic carbocycles. The molecule has 1 aromatic heterocycles. The number of aromatic carboxylic acids is 1. The number of hydrogen-bond donors (Lipinski definition) is 1. The minimum atomic E-state index is -1.02. The lowest BCUT2D eigenvalue weighted by Crippen LogP contribution is -2.19. The van der Waals surface area contributed by atoms with Gasteiger partial charge < -0.3 is 5.11 Å². The Morgan fingerprint density at radius 2 is 2.40 bits per heavy atom. The van der Waals surface area contributed by atoms with Crippen molar-refractivity contribution in [1.82, 2.24) is 14.9 Å². The molecule has 0 spiro atoms. The van der Waals surface area contributed by atoms with E-state index in [1.54, 1.807) is 6.20 Å². The second kappa shape index (κ2) is 3.94. The number of hydrogen-bond acceptors (Lipinski definition) is 4. The molecule has 1 N–H and O–H groups in total. The van der Waals surface area contributed by atoms with Crippen LogP contribution in [0, 0.1) is 0 Å². The lowest BCUT2D eigenvalue weighted by atomic mass is 10.1. The molecule has 15 heavy (non-hydrogen) atoms. The van der Waals surface area contributed by atoms with E-state index in [-0.39, 0.29) is 11.7 Å². The molecule has 5 nitrogen and oxygen atoms in total. The summed E-state index contributed by atoms with van der Waals surface area (Å²) in [5, 5.41) is 8.80. The number of carbonyl (C=O) groups is 1. The molecule has 1 fully saturated rings. The topological polar surface area (TPSA) is 66.3 Å². The summed E-state index contributed by atoms with van der Waals surface area (Å²) < 4.78 is 0. The van der Waals surface area contributed by atoms with Gasteiger partial charge in [-0.1, -0.05) is 0 Å². The molecule has 1 saturated heterocycles. The van der Waals surface area contributed by atoms with Crippen LogP contribution in [0.3, 0.4) is 0 Å². The SMILES string of the molecule is CN1CCC[C@H]1c1cncc(C(=O)O)n1. The summed E-state index contributed by atoms with van der Waals surface area (Å²) >= 11 is 0. The van der Waals surface area contributed by atoms with E-state index in [0.717, 1.165) is 25.1 Å². The van der Waals surface area contributed by atoms with Crippen molar-refractivity contribution in [2.45, 2.75) is 18.9 Å². The number of aromatic nitrogens is 2. The quantitative estimate of drug-likeness (QED) is 0.781. The highest BCUT2D eigenvalue weighted by Crippen LogP contribution is 2.28. The van der Waals surface area contributed by atoms with Gasteiger partial charge in [0, 0.05) is 0 Å². The number of nitrogens with zero attached hydrogens (tertiary/aromatic N) is 3. The van der Waals surface area contributed by atoms with Gasteiger partial charge in [0.2, 0.25) is 0 Å². The molecule has 2 rings (SSSR count). The van der Waals surface area contributed by atoms with E-state index in [1.807, 2.05) is 7.05 Å². The van der Waals surface area contributed by atoms with Crippen LogP contribution >= 0.6 is 0 Å². The highest BCUT2D eigenvalue weighted by Gasteiger charge is 2.24. The third kappa shape index (κ3) is 1.97. The van der Waals surface area contributed by atoms with Crippen molar-refractivity contribution in [3.63, 3.8) is 0 Å². The van der Waals surface area contributed by atoms with Gasteiger partial charge in [-0.15, -0.1) is 0 Å². The fraction of sp³-hybridized carbons (Fsp3) is 0.500. The van der Waals surface area contributed by atoms with Gasteiger partial charge in [-0.2, -0.15) is 0 Å². The first-order valence-electron chi connectivity index (χ1n) is 4.94. The smallest absolute Gasteiger partial charge is 0.356 e. The van der Waals surface area contributed by atoms with Crippen molar-refractivity contribution in [3.8, 4) is 0 Å². The Hall–Kier alpha value is -1.49. The van der Waals surface area contributed by atoms with Crippen LogP contribution in [0.2, 0.25) is 0 Å². The van der Waals surface area contributed by atoms with Crippen LogP contribution < -0.4 is 0 Å². The molecule has 0 amide bonds. The van der Waals surface area contributed by atoms with E-state index >= 15 is 0 Å². The maximum atomic E-state index is 10.7. The Bertz CT molecular complexity index is 381. The van der Waals surface area contributed by atoms with E-state index < -0.39 is 5.97 Å². The van der Waals surface area contributed by atoms with Gasteiger partial charge in [0.05, 0.1) is 24.1 Å². The Labute approximate surface area is 87.8 Å². The minimum absolute atomic E-state index is 0.0211. The highest BCUT2D eigenvalue weighted by molar-refractivity contribution is 5.84. The van der Waals surface area contributed by atoms with Crippen LogP contribution in [0.4, 0.5) is 0 Å². The summed E-state index contributed by atoms with van der Waals surface area (Å²) in [6.45, 7) is 1.03. The molecule has 1 atom stereocenters. The van der Waals surface area contributed by atoms with Crippen molar-refractivity contribution in [2.24, 2.45) is 0 Å². The van der Waals surface area contributed by atoms with E-state index in [2.05, 4.69) is 14.9 Å². The lowest BCUT2D eigenvalue weighted by Gasteiger charge is -2.18. The van der Waals surface area contributed by atoms with Gasteiger partial charge >= 0.3 is 5.97 Å². The van der Waals surface area contributed by atoms with Gasteiger partial charge in [-0.25, -0.2) is 9.78 Å². The highest BCUT2D eigenvalue weighted by atomic mass is 16.4. The van der Waals surface area contributed by atoms with Crippen LogP contribution in [0.15, 0.2) is 12.4 Å². The normalized spacial score (nSPS) is 21.8. The molecule has 80 valence electrons. The maximum absolute atomic E-state index is 10.7. The molecule has 5 heteroatoms. The molecular weight excluding hydrogens is 194 g/mol. The zero-order valence-electron chi connectivity index (χ0n) is 8.55. The second-order valence-corrected chi connectivity index (χ2v) is 3.77. The predicted molar refractivity (Wildman–Crippen MR) is 53.6 cm³/mol. The van der Waals surface area contributed by atoms with Crippen molar-refractivity contribution in [1.29, 1.82) is 0 Å². The number of carboxylic acid groups (broad SMARTS) is 1. The van der Waals surface area contributed by atoms with Crippen molar-refractivity contribution in [2.75, 3.05) is 13.6 Å². The average Bonchev–Trinajstić information content (AvgIpc) is 2.64. The van der Waals surface area contributed by atoms with E-state index in [1.165, 1.54) is 6.20 Å². The molecule has 1 aliphatic rings. The molecule has 2 heterocycles. The molecular formula is C10H13N3O2. The standard InChI is InChI=1S/C10H13N3O2/c1-13-4-2-3-9(13)7-5-11-6-8(12-7)10(14)15/h5-6,9H,2-4H2,1H3,(H,14,15)/t9-/m0/s1. The zero-order valence-corrected chi connectivity index (χ0v) is 8.55. The number of carboxylic acids is 1. The summed E-state index contributed by atoms with van der Waals surface area (Å²) in [6.07, 6.45) is 5.08. The van der Waals surface area contributed by atoms with Gasteiger partial charge in [0.1, 0.15) is 0 Å². The zero-order chi connectivity index (χ0) is 10.8. The van der Waals surface area contributed by atoms with Gasteiger partial charge in [0.15, 0.2) is 5.69 Å². The molecule has 0 radical (unpaired) electrons. The first-order valence-corrected chi connectivity index (χ1v) is 4.94. The Morgan fingerprint density at radius 3 is 3.00 bits per heavy atom. The fourth-order valence-corrected chi connectivity index (χ4v) is 1.93. The van der Waals surface area contributed by atoms with Gasteiger partial charge in [-0.05, 0) is 26.4 Å². The van der Waals surface area contributed by atoms with Gasteiger partial charge in [0.25, 0.3) is 0 Å². The summed E-state index contributed by atoms with van der Waals surface area (Å²) in [6, 6.07) is 0.219. The number of likely N-dealkylation sites (tertiary alicyclic amines) is 1. The largest absolute Gasteiger partial charge is 0.476 e. The van der Waals surface area contributed by atoms with E-state index in [9.17, 15) is 4.79 Å². The molecule has 0 aromatic carbocycles. The van der Waals surface area contributed by atoms with Crippen LogP contribution in [0.5, 0.6) is 0 Å². The summed E-state index contributed by atoms with van der Waals surface area (Å²) in [7, 11) is 2.02. The van der Waals surface area contributed by atoms with Crippen LogP contribution in [0.1, 0.15) is 35.1 Å². The molecule has 1 aromatic rings. The minimum Gasteiger partial charge on any atom is -0.476 e. The van der Waals surface area contributed by atoms with Crippen molar-refractivity contribution >= 4 is 5.97 Å². The number of rotatable bonds is 2. The Balaban J connectivity index is 2.28. The van der Waals surface area contributed by atoms with Crippen LogP contribution in [0.25, 0.3) is 0 Å². The van der Waals surface area contributed by atoms with Gasteiger partial charge in [-0.3, -0.25) is 9.88 Å². The predicted octanol–water partition coefficient (Wildman–Crippen LogP) is 0.942. The van der Waals surface area contributed by atoms with Crippen LogP contribution in [-0.4, -0.2) is 39.5 Å². The summed E-state index contributed by atoms with van der Waals surface area (Å²) in [5.74, 6) is -1.02. The molecule has 1 aliphatic heterocycles. The average molecular weight is 207 g/mol. The van der Waals surface area contributed by atoms with Crippen molar-refractivity contribution < 1.29 is 9.90 Å². The molecule has 0 saturated carbocycles. The van der Waals surface area contributed by atoms with E-state index in [0.29, 0.717) is 0 Å². The van der Waals surface area contributed by atoms with Crippen molar-refractivity contribution in [3.05, 3.63) is 23.8 Å². The lowest BCUT2D eigenvalue weighted by molar-refractivity contribution is 0.0689. The Morgan fingerprint density at radius 1 is 1.60 bits per heavy atom. The monoisotopic (exact) mass is 207 g/mol. The molecule has 0 unspecified atom stereocenters. The first-order chi connectivity index (χ1) is 7.18. The first kappa shape index (κ1) is 10.0. The molecule has 0 bridgehead atoms. The third-order valence-electron chi connectivity index (χ3n) is 2.73. The van der Waals surface area contributed by atoms with Crippen LogP contribution in [-0.2, 0) is 0 Å². The Kier molecular flexibility index (Phi) is 2.64. The fourth-order valence-electron chi connectivity index (χ4n) is 1.93. The summed E-state index contributed by atoms with van der Waals surface area (Å²) in [4.78, 5) is 20.9. The third-order valence-corrected chi connectivity index (χ3v) is 2.73. The second-order valence-electron chi connectivity index (χ2n) is 3.77.